The second kappa shape index (κ2) is 3.48. The van der Waals surface area contributed by atoms with Crippen LogP contribution in [0.3, 0.4) is 0 Å². The van der Waals surface area contributed by atoms with Crippen LogP contribution in [-0.2, 0) is 6.42 Å². The van der Waals surface area contributed by atoms with Crippen molar-refractivity contribution in [2.45, 2.75) is 25.7 Å². The quantitative estimate of drug-likeness (QED) is 0.674. The van der Waals surface area contributed by atoms with Gasteiger partial charge in [0.1, 0.15) is 0 Å². The molecule has 1 aromatic rings. The number of halogens is 2. The maximum Gasteiger partial charge on any atom is 0.264 e. The lowest BCUT2D eigenvalue weighted by Crippen LogP contribution is -2.13. The molecular weight excluding hydrogens is 186 g/mol. The van der Waals surface area contributed by atoms with Gasteiger partial charge in [-0.2, -0.15) is 0 Å². The van der Waals surface area contributed by atoms with Crippen molar-refractivity contribution < 1.29 is 13.6 Å². The first-order valence-corrected chi connectivity index (χ1v) is 4.63. The second-order valence-corrected chi connectivity index (χ2v) is 3.45. The van der Waals surface area contributed by atoms with Crippen LogP contribution in [0.2, 0.25) is 0 Å². The van der Waals surface area contributed by atoms with Gasteiger partial charge in [0.2, 0.25) is 0 Å². The molecule has 0 unspecified atom stereocenters. The molecule has 0 fully saturated rings. The Morgan fingerprint density at radius 3 is 2.71 bits per heavy atom. The highest BCUT2D eigenvalue weighted by Gasteiger charge is 2.22. The minimum atomic E-state index is -2.48. The first kappa shape index (κ1) is 9.31. The number of carbonyl (C=O) groups is 1. The average Bonchev–Trinajstić information content (AvgIpc) is 2.17. The lowest BCUT2D eigenvalue weighted by atomic mass is 9.87. The van der Waals surface area contributed by atoms with Crippen molar-refractivity contribution in [1.29, 1.82) is 0 Å². The monoisotopic (exact) mass is 196 g/mol. The molecule has 0 aliphatic heterocycles. The van der Waals surface area contributed by atoms with Crippen LogP contribution in [0.15, 0.2) is 18.2 Å². The SMILES string of the molecule is O=C1CCCc2c1cccc2C(F)F. The van der Waals surface area contributed by atoms with Crippen molar-refractivity contribution in [3.63, 3.8) is 0 Å². The summed E-state index contributed by atoms with van der Waals surface area (Å²) in [6.45, 7) is 0. The van der Waals surface area contributed by atoms with Crippen molar-refractivity contribution >= 4 is 5.78 Å². The Labute approximate surface area is 80.7 Å². The van der Waals surface area contributed by atoms with E-state index in [-0.39, 0.29) is 11.3 Å². The van der Waals surface area contributed by atoms with E-state index in [9.17, 15) is 13.6 Å². The molecule has 0 aromatic heterocycles. The molecule has 1 aliphatic carbocycles. The van der Waals surface area contributed by atoms with Gasteiger partial charge in [-0.25, -0.2) is 8.78 Å². The summed E-state index contributed by atoms with van der Waals surface area (Å²) in [6.07, 6.45) is -0.701. The molecule has 14 heavy (non-hydrogen) atoms. The summed E-state index contributed by atoms with van der Waals surface area (Å²) < 4.78 is 25.1. The molecule has 3 heteroatoms. The minimum Gasteiger partial charge on any atom is -0.294 e. The molecule has 2 rings (SSSR count). The van der Waals surface area contributed by atoms with Gasteiger partial charge < -0.3 is 0 Å². The third kappa shape index (κ3) is 1.43. The van der Waals surface area contributed by atoms with Gasteiger partial charge in [-0.3, -0.25) is 4.79 Å². The van der Waals surface area contributed by atoms with Crippen LogP contribution in [0.1, 0.15) is 40.8 Å². The predicted molar refractivity (Wildman–Crippen MR) is 48.7 cm³/mol. The van der Waals surface area contributed by atoms with Gasteiger partial charge in [0.05, 0.1) is 0 Å². The summed E-state index contributed by atoms with van der Waals surface area (Å²) in [5.41, 5.74) is 1.07. The average molecular weight is 196 g/mol. The fourth-order valence-corrected chi connectivity index (χ4v) is 1.91. The second-order valence-electron chi connectivity index (χ2n) is 3.45. The number of fused-ring (bicyclic) bond motifs is 1. The molecule has 0 spiro atoms. The van der Waals surface area contributed by atoms with Crippen LogP contribution in [0.4, 0.5) is 8.78 Å². The molecule has 0 heterocycles. The van der Waals surface area contributed by atoms with Crippen LogP contribution in [0.25, 0.3) is 0 Å². The molecular formula is C11H10F2O. The first-order valence-electron chi connectivity index (χ1n) is 4.63. The Balaban J connectivity index is 2.55. The van der Waals surface area contributed by atoms with Crippen LogP contribution in [0, 0.1) is 0 Å². The highest BCUT2D eigenvalue weighted by atomic mass is 19.3. The van der Waals surface area contributed by atoms with E-state index in [1.165, 1.54) is 12.1 Å². The lowest BCUT2D eigenvalue weighted by Gasteiger charge is -2.17. The molecule has 0 atom stereocenters. The summed E-state index contributed by atoms with van der Waals surface area (Å²) in [4.78, 5) is 11.4. The number of Topliss-reactive ketones (excluding diaryl/α,β-unsaturated/α-hetero) is 1. The highest BCUT2D eigenvalue weighted by Crippen LogP contribution is 2.30. The van der Waals surface area contributed by atoms with E-state index >= 15 is 0 Å². The van der Waals surface area contributed by atoms with Crippen LogP contribution in [-0.4, -0.2) is 5.78 Å². The summed E-state index contributed by atoms with van der Waals surface area (Å²) in [5.74, 6) is -0.00579. The van der Waals surface area contributed by atoms with E-state index < -0.39 is 6.43 Å². The van der Waals surface area contributed by atoms with Crippen LogP contribution >= 0.6 is 0 Å². The summed E-state index contributed by atoms with van der Waals surface area (Å²) in [7, 11) is 0. The summed E-state index contributed by atoms with van der Waals surface area (Å²) in [6, 6.07) is 4.58. The molecule has 0 saturated heterocycles. The third-order valence-electron chi connectivity index (χ3n) is 2.58. The Hall–Kier alpha value is -1.25. The Bertz CT molecular complexity index is 372. The smallest absolute Gasteiger partial charge is 0.264 e. The van der Waals surface area contributed by atoms with E-state index in [2.05, 4.69) is 0 Å². The molecule has 1 aliphatic rings. The topological polar surface area (TPSA) is 17.1 Å². The molecule has 0 saturated carbocycles. The number of rotatable bonds is 1. The molecule has 1 nitrogen and oxygen atoms in total. The van der Waals surface area contributed by atoms with Gasteiger partial charge in [0, 0.05) is 17.5 Å². The number of carbonyl (C=O) groups excluding carboxylic acids is 1. The fraction of sp³-hybridized carbons (Fsp3) is 0.364. The van der Waals surface area contributed by atoms with Gasteiger partial charge in [-0.1, -0.05) is 18.2 Å². The number of benzene rings is 1. The molecule has 0 bridgehead atoms. The van der Waals surface area contributed by atoms with Crippen molar-refractivity contribution in [2.75, 3.05) is 0 Å². The van der Waals surface area contributed by atoms with Crippen molar-refractivity contribution in [3.8, 4) is 0 Å². The zero-order chi connectivity index (χ0) is 10.1. The summed E-state index contributed by atoms with van der Waals surface area (Å²) >= 11 is 0. The predicted octanol–water partition coefficient (Wildman–Crippen LogP) is 3.14. The Kier molecular flexibility index (Phi) is 2.32. The molecule has 1 aromatic carbocycles. The summed E-state index contributed by atoms with van der Waals surface area (Å²) in [5, 5.41) is 0. The largest absolute Gasteiger partial charge is 0.294 e. The van der Waals surface area contributed by atoms with Gasteiger partial charge in [0.25, 0.3) is 6.43 Å². The number of alkyl halides is 2. The van der Waals surface area contributed by atoms with E-state index in [0.717, 1.165) is 0 Å². The molecule has 0 radical (unpaired) electrons. The fourth-order valence-electron chi connectivity index (χ4n) is 1.91. The molecule has 0 N–H and O–H groups in total. The van der Waals surface area contributed by atoms with Gasteiger partial charge >= 0.3 is 0 Å². The highest BCUT2D eigenvalue weighted by molar-refractivity contribution is 5.98. The molecule has 74 valence electrons. The van der Waals surface area contributed by atoms with E-state index in [1.807, 2.05) is 0 Å². The first-order chi connectivity index (χ1) is 6.70. The number of hydrogen-bond donors (Lipinski definition) is 0. The van der Waals surface area contributed by atoms with E-state index in [0.29, 0.717) is 30.4 Å². The van der Waals surface area contributed by atoms with Crippen LogP contribution < -0.4 is 0 Å². The lowest BCUT2D eigenvalue weighted by molar-refractivity contribution is 0.0970. The minimum absolute atomic E-state index is 0.00579. The normalized spacial score (nSPS) is 15.8. The van der Waals surface area contributed by atoms with E-state index in [4.69, 9.17) is 0 Å². The third-order valence-corrected chi connectivity index (χ3v) is 2.58. The standard InChI is InChI=1S/C11H10F2O/c12-11(13)9-5-1-4-8-7(9)3-2-6-10(8)14/h1,4-5,11H,2-3,6H2. The number of hydrogen-bond acceptors (Lipinski definition) is 1. The van der Waals surface area contributed by atoms with Crippen molar-refractivity contribution in [1.82, 2.24) is 0 Å². The Morgan fingerprint density at radius 1 is 1.21 bits per heavy atom. The van der Waals surface area contributed by atoms with Gasteiger partial charge in [-0.15, -0.1) is 0 Å². The zero-order valence-corrected chi connectivity index (χ0v) is 7.59. The maximum absolute atomic E-state index is 12.6. The van der Waals surface area contributed by atoms with Crippen molar-refractivity contribution in [2.24, 2.45) is 0 Å². The van der Waals surface area contributed by atoms with E-state index in [1.54, 1.807) is 6.07 Å². The Morgan fingerprint density at radius 2 is 2.00 bits per heavy atom. The zero-order valence-electron chi connectivity index (χ0n) is 7.59. The van der Waals surface area contributed by atoms with Crippen LogP contribution in [0.5, 0.6) is 0 Å². The number of ketones is 1. The van der Waals surface area contributed by atoms with Crippen molar-refractivity contribution in [3.05, 3.63) is 34.9 Å². The van der Waals surface area contributed by atoms with Gasteiger partial charge in [0.15, 0.2) is 5.78 Å². The maximum atomic E-state index is 12.6. The van der Waals surface area contributed by atoms with Gasteiger partial charge in [-0.05, 0) is 18.4 Å². The molecule has 0 amide bonds.